The topological polar surface area (TPSA) is 126 Å². The van der Waals surface area contributed by atoms with E-state index in [1.807, 2.05) is 20.8 Å². The lowest BCUT2D eigenvalue weighted by Crippen LogP contribution is -2.42. The highest BCUT2D eigenvalue weighted by Gasteiger charge is 2.25. The lowest BCUT2D eigenvalue weighted by molar-refractivity contribution is -0.0294. The zero-order valence-corrected chi connectivity index (χ0v) is 19.9. The van der Waals surface area contributed by atoms with E-state index in [9.17, 15) is 14.4 Å². The van der Waals surface area contributed by atoms with Gasteiger partial charge in [0, 0.05) is 12.1 Å². The van der Waals surface area contributed by atoms with Crippen LogP contribution in [0.1, 0.15) is 88.0 Å². The summed E-state index contributed by atoms with van der Waals surface area (Å²) in [5, 5.41) is 2.88. The van der Waals surface area contributed by atoms with Gasteiger partial charge in [-0.1, -0.05) is 0 Å². The molecule has 3 N–H and O–H groups in total. The van der Waals surface area contributed by atoms with Crippen molar-refractivity contribution in [3.05, 3.63) is 0 Å². The van der Waals surface area contributed by atoms with Crippen molar-refractivity contribution in [1.82, 2.24) is 5.32 Å². The summed E-state index contributed by atoms with van der Waals surface area (Å²) in [6.07, 6.45) is 1.46. The maximum atomic E-state index is 11.4. The Kier molecular flexibility index (Phi) is 10.6. The van der Waals surface area contributed by atoms with Gasteiger partial charge in [-0.05, 0) is 88.0 Å². The molecule has 1 saturated carbocycles. The van der Waals surface area contributed by atoms with Crippen LogP contribution in [0.4, 0.5) is 14.4 Å². The summed E-state index contributed by atoms with van der Waals surface area (Å²) in [5.41, 5.74) is 3.97. The molecule has 0 spiro atoms. The molecule has 9 nitrogen and oxygen atoms in total. The van der Waals surface area contributed by atoms with Crippen LogP contribution in [0.5, 0.6) is 0 Å². The predicted octanol–water partition coefficient (Wildman–Crippen LogP) is 4.65. The van der Waals surface area contributed by atoms with Crippen molar-refractivity contribution in [1.29, 1.82) is 0 Å². The van der Waals surface area contributed by atoms with Crippen LogP contribution in [0.15, 0.2) is 0 Å². The van der Waals surface area contributed by atoms with E-state index in [0.717, 1.165) is 25.7 Å². The maximum Gasteiger partial charge on any atom is 0.519 e. The van der Waals surface area contributed by atoms with E-state index >= 15 is 0 Å². The molecular formula is C21H40N2O7. The first-order valence-corrected chi connectivity index (χ1v) is 10.3. The van der Waals surface area contributed by atoms with Gasteiger partial charge in [-0.15, -0.1) is 0 Å². The highest BCUT2D eigenvalue weighted by Crippen LogP contribution is 2.17. The Labute approximate surface area is 180 Å². The van der Waals surface area contributed by atoms with Gasteiger partial charge in [-0.25, -0.2) is 14.4 Å². The van der Waals surface area contributed by atoms with Crippen molar-refractivity contribution in [2.24, 2.45) is 5.73 Å². The SMILES string of the molecule is CC(C)(C)OC(=O)NC1CCC(N)CC1.CC(C)(C)OC(=O)OC(=O)OC(C)(C)C. The molecule has 176 valence electrons. The van der Waals surface area contributed by atoms with Crippen molar-refractivity contribution < 1.29 is 33.3 Å². The van der Waals surface area contributed by atoms with Crippen LogP contribution >= 0.6 is 0 Å². The molecule has 0 saturated heterocycles. The van der Waals surface area contributed by atoms with Gasteiger partial charge in [-0.3, -0.25) is 0 Å². The molecule has 0 bridgehead atoms. The summed E-state index contributed by atoms with van der Waals surface area (Å²) in [5.74, 6) is 0. The second-order valence-electron chi connectivity index (χ2n) is 10.3. The Hall–Kier alpha value is -2.03. The molecule has 1 fully saturated rings. The van der Waals surface area contributed by atoms with Crippen LogP contribution in [-0.2, 0) is 18.9 Å². The predicted molar refractivity (Wildman–Crippen MR) is 113 cm³/mol. The number of hydrogen-bond acceptors (Lipinski definition) is 8. The van der Waals surface area contributed by atoms with E-state index in [1.54, 1.807) is 41.5 Å². The zero-order valence-electron chi connectivity index (χ0n) is 19.9. The third-order valence-electron chi connectivity index (χ3n) is 3.44. The monoisotopic (exact) mass is 432 g/mol. The van der Waals surface area contributed by atoms with Crippen molar-refractivity contribution in [2.45, 2.75) is 117 Å². The first kappa shape index (κ1) is 28.0. The molecule has 0 aromatic rings. The summed E-state index contributed by atoms with van der Waals surface area (Å²) in [6.45, 7) is 15.6. The molecule has 30 heavy (non-hydrogen) atoms. The minimum Gasteiger partial charge on any atom is -0.444 e. The molecule has 9 heteroatoms. The molecule has 0 unspecified atom stereocenters. The fourth-order valence-corrected chi connectivity index (χ4v) is 2.35. The number of carbonyl (C=O) groups is 3. The average molecular weight is 433 g/mol. The number of alkyl carbamates (subject to hydrolysis) is 1. The van der Waals surface area contributed by atoms with Gasteiger partial charge in [-0.2, -0.15) is 0 Å². The number of ether oxygens (including phenoxy) is 4. The van der Waals surface area contributed by atoms with Crippen molar-refractivity contribution >= 4 is 18.4 Å². The van der Waals surface area contributed by atoms with Crippen LogP contribution < -0.4 is 11.1 Å². The van der Waals surface area contributed by atoms with Crippen LogP contribution in [0.2, 0.25) is 0 Å². The number of amides is 1. The lowest BCUT2D eigenvalue weighted by atomic mass is 9.92. The van der Waals surface area contributed by atoms with Crippen LogP contribution in [0.25, 0.3) is 0 Å². The third-order valence-corrected chi connectivity index (χ3v) is 3.44. The van der Waals surface area contributed by atoms with Gasteiger partial charge in [0.05, 0.1) is 0 Å². The first-order valence-electron chi connectivity index (χ1n) is 10.3. The molecule has 0 radical (unpaired) electrons. The molecular weight excluding hydrogens is 392 g/mol. The molecule has 0 aromatic heterocycles. The second kappa shape index (κ2) is 11.4. The number of carbonyl (C=O) groups excluding carboxylic acids is 3. The standard InChI is InChI=1S/C11H22N2O2.C10H18O5/c1-11(2,3)15-10(14)13-9-6-4-8(12)5-7-9;1-9(2,3)14-7(11)13-8(12)15-10(4,5)6/h8-9H,4-7,12H2,1-3H3,(H,13,14);1-6H3. The Morgan fingerprint density at radius 3 is 1.40 bits per heavy atom. The van der Waals surface area contributed by atoms with Crippen molar-refractivity contribution in [3.63, 3.8) is 0 Å². The molecule has 0 aliphatic heterocycles. The quantitative estimate of drug-likeness (QED) is 0.348. The summed E-state index contributed by atoms with van der Waals surface area (Å²) in [6, 6.07) is 0.543. The van der Waals surface area contributed by atoms with Crippen LogP contribution in [-0.4, -0.2) is 47.3 Å². The summed E-state index contributed by atoms with van der Waals surface area (Å²) in [7, 11) is 0. The van der Waals surface area contributed by atoms with Gasteiger partial charge in [0.1, 0.15) is 16.8 Å². The van der Waals surface area contributed by atoms with Crippen molar-refractivity contribution in [2.75, 3.05) is 0 Å². The van der Waals surface area contributed by atoms with Crippen LogP contribution in [0, 0.1) is 0 Å². The molecule has 0 heterocycles. The van der Waals surface area contributed by atoms with Crippen LogP contribution in [0.3, 0.4) is 0 Å². The first-order chi connectivity index (χ1) is 13.4. The molecule has 1 aliphatic rings. The third kappa shape index (κ3) is 16.9. The van der Waals surface area contributed by atoms with E-state index in [1.165, 1.54) is 0 Å². The highest BCUT2D eigenvalue weighted by atomic mass is 16.8. The number of nitrogens with two attached hydrogens (primary N) is 1. The molecule has 0 aromatic carbocycles. The Morgan fingerprint density at radius 1 is 0.700 bits per heavy atom. The molecule has 1 rings (SSSR count). The zero-order chi connectivity index (χ0) is 23.8. The number of rotatable bonds is 1. The fraction of sp³-hybridized carbons (Fsp3) is 0.857. The van der Waals surface area contributed by atoms with Crippen molar-refractivity contribution in [3.8, 4) is 0 Å². The molecule has 1 amide bonds. The lowest BCUT2D eigenvalue weighted by Gasteiger charge is -2.28. The van der Waals surface area contributed by atoms with E-state index < -0.39 is 29.1 Å². The molecule has 1 aliphatic carbocycles. The Morgan fingerprint density at radius 2 is 1.07 bits per heavy atom. The Bertz CT molecular complexity index is 537. The fourth-order valence-electron chi connectivity index (χ4n) is 2.35. The largest absolute Gasteiger partial charge is 0.519 e. The molecule has 0 atom stereocenters. The minimum atomic E-state index is -1.06. The van der Waals surface area contributed by atoms with Gasteiger partial charge >= 0.3 is 18.4 Å². The number of nitrogens with one attached hydrogen (secondary N) is 1. The van der Waals surface area contributed by atoms with E-state index in [4.69, 9.17) is 19.9 Å². The minimum absolute atomic E-state index is 0.236. The summed E-state index contributed by atoms with van der Waals surface area (Å²) in [4.78, 5) is 33.5. The normalized spacial score (nSPS) is 19.5. The van der Waals surface area contributed by atoms with Gasteiger partial charge in [0.25, 0.3) is 0 Å². The second-order valence-corrected chi connectivity index (χ2v) is 10.3. The van der Waals surface area contributed by atoms with Gasteiger partial charge < -0.3 is 30.0 Å². The average Bonchev–Trinajstić information content (AvgIpc) is 2.44. The maximum absolute atomic E-state index is 11.4. The Balaban J connectivity index is 0.000000561. The summed E-state index contributed by atoms with van der Waals surface area (Å²) >= 11 is 0. The van der Waals surface area contributed by atoms with E-state index in [-0.39, 0.29) is 12.1 Å². The number of hydrogen-bond donors (Lipinski definition) is 2. The van der Waals surface area contributed by atoms with E-state index in [2.05, 4.69) is 10.1 Å². The van der Waals surface area contributed by atoms with Gasteiger partial charge in [0.2, 0.25) is 0 Å². The van der Waals surface area contributed by atoms with E-state index in [0.29, 0.717) is 6.04 Å². The highest BCUT2D eigenvalue weighted by molar-refractivity contribution is 5.77. The smallest absolute Gasteiger partial charge is 0.444 e. The van der Waals surface area contributed by atoms with Gasteiger partial charge in [0.15, 0.2) is 0 Å². The summed E-state index contributed by atoms with van der Waals surface area (Å²) < 4.78 is 19.0.